The SMILES string of the molecule is CN1CCN(C)C1=NCc1cccc(CN=C2N(C)CCN2C)c1. The molecule has 0 saturated carbocycles. The number of rotatable bonds is 4. The van der Waals surface area contributed by atoms with E-state index in [0.29, 0.717) is 13.1 Å². The average molecular weight is 328 g/mol. The van der Waals surface area contributed by atoms with Crippen LogP contribution in [0.1, 0.15) is 11.1 Å². The van der Waals surface area contributed by atoms with Crippen molar-refractivity contribution in [2.75, 3.05) is 54.4 Å². The van der Waals surface area contributed by atoms with Gasteiger partial charge in [-0.25, -0.2) is 9.98 Å². The van der Waals surface area contributed by atoms with Crippen molar-refractivity contribution in [3.8, 4) is 0 Å². The highest BCUT2D eigenvalue weighted by molar-refractivity contribution is 5.82. The van der Waals surface area contributed by atoms with Crippen LogP contribution in [0.25, 0.3) is 0 Å². The van der Waals surface area contributed by atoms with E-state index in [1.54, 1.807) is 0 Å². The Morgan fingerprint density at radius 3 is 1.46 bits per heavy atom. The fourth-order valence-corrected chi connectivity index (χ4v) is 3.22. The van der Waals surface area contributed by atoms with Crippen LogP contribution in [0.2, 0.25) is 0 Å². The van der Waals surface area contributed by atoms with E-state index < -0.39 is 0 Å². The molecular weight excluding hydrogens is 300 g/mol. The Hall–Kier alpha value is -2.24. The number of hydrogen-bond acceptors (Lipinski definition) is 2. The van der Waals surface area contributed by atoms with Gasteiger partial charge in [0.1, 0.15) is 0 Å². The molecule has 2 heterocycles. The van der Waals surface area contributed by atoms with E-state index in [1.807, 2.05) is 0 Å². The standard InChI is InChI=1S/C18H28N6/c1-21-8-9-22(2)17(21)19-13-15-6-5-7-16(12-15)14-20-18-23(3)10-11-24(18)4/h5-7,12H,8-11,13-14H2,1-4H3. The molecular formula is C18H28N6. The Balaban J connectivity index is 1.66. The normalized spacial score (nSPS) is 18.0. The van der Waals surface area contributed by atoms with Crippen LogP contribution >= 0.6 is 0 Å². The molecule has 0 aromatic heterocycles. The Morgan fingerprint density at radius 2 is 1.08 bits per heavy atom. The van der Waals surface area contributed by atoms with E-state index in [1.165, 1.54) is 11.1 Å². The van der Waals surface area contributed by atoms with Crippen LogP contribution in [0.4, 0.5) is 0 Å². The Kier molecular flexibility index (Phi) is 4.92. The average Bonchev–Trinajstić information content (AvgIpc) is 3.06. The molecule has 0 bridgehead atoms. The van der Waals surface area contributed by atoms with Gasteiger partial charge >= 0.3 is 0 Å². The zero-order valence-corrected chi connectivity index (χ0v) is 15.2. The van der Waals surface area contributed by atoms with Crippen LogP contribution in [-0.2, 0) is 13.1 Å². The van der Waals surface area contributed by atoms with Crippen molar-refractivity contribution in [2.24, 2.45) is 9.98 Å². The molecule has 0 spiro atoms. The molecule has 0 atom stereocenters. The maximum atomic E-state index is 4.77. The molecule has 2 aliphatic heterocycles. The number of aliphatic imine (C=N–C) groups is 2. The molecule has 0 radical (unpaired) electrons. The minimum Gasteiger partial charge on any atom is -0.344 e. The summed E-state index contributed by atoms with van der Waals surface area (Å²) in [7, 11) is 8.40. The maximum Gasteiger partial charge on any atom is 0.196 e. The quantitative estimate of drug-likeness (QED) is 0.831. The van der Waals surface area contributed by atoms with Crippen molar-refractivity contribution >= 4 is 11.9 Å². The first kappa shape index (κ1) is 16.6. The lowest BCUT2D eigenvalue weighted by Crippen LogP contribution is -2.28. The first-order chi connectivity index (χ1) is 11.5. The predicted octanol–water partition coefficient (Wildman–Crippen LogP) is 1.15. The van der Waals surface area contributed by atoms with Crippen LogP contribution in [0, 0.1) is 0 Å². The molecule has 0 unspecified atom stereocenters. The fourth-order valence-electron chi connectivity index (χ4n) is 3.22. The Bertz CT molecular complexity index is 563. The molecule has 1 aromatic carbocycles. The third-order valence-corrected chi connectivity index (χ3v) is 4.70. The molecule has 0 aliphatic carbocycles. The Morgan fingerprint density at radius 1 is 0.708 bits per heavy atom. The molecule has 3 rings (SSSR count). The topological polar surface area (TPSA) is 37.7 Å². The summed E-state index contributed by atoms with van der Waals surface area (Å²) in [6.45, 7) is 5.63. The van der Waals surface area contributed by atoms with Crippen LogP contribution in [0.3, 0.4) is 0 Å². The highest BCUT2D eigenvalue weighted by Crippen LogP contribution is 2.12. The van der Waals surface area contributed by atoms with Crippen molar-refractivity contribution in [1.29, 1.82) is 0 Å². The second kappa shape index (κ2) is 7.11. The summed E-state index contributed by atoms with van der Waals surface area (Å²) in [6, 6.07) is 8.61. The summed E-state index contributed by atoms with van der Waals surface area (Å²) in [6.07, 6.45) is 0. The van der Waals surface area contributed by atoms with Crippen molar-refractivity contribution in [1.82, 2.24) is 19.6 Å². The monoisotopic (exact) mass is 328 g/mol. The van der Waals surface area contributed by atoms with E-state index in [0.717, 1.165) is 38.1 Å². The van der Waals surface area contributed by atoms with Gasteiger partial charge in [0.2, 0.25) is 0 Å². The molecule has 2 aliphatic rings. The molecule has 2 saturated heterocycles. The zero-order valence-electron chi connectivity index (χ0n) is 15.2. The molecule has 130 valence electrons. The van der Waals surface area contributed by atoms with Crippen LogP contribution < -0.4 is 0 Å². The van der Waals surface area contributed by atoms with Gasteiger partial charge in [0, 0.05) is 54.4 Å². The largest absolute Gasteiger partial charge is 0.344 e. The lowest BCUT2D eigenvalue weighted by Gasteiger charge is -2.16. The van der Waals surface area contributed by atoms with Crippen LogP contribution in [0.15, 0.2) is 34.3 Å². The second-order valence-electron chi connectivity index (χ2n) is 6.74. The lowest BCUT2D eigenvalue weighted by molar-refractivity contribution is 0.553. The molecule has 0 N–H and O–H groups in total. The van der Waals surface area contributed by atoms with Gasteiger partial charge in [-0.1, -0.05) is 24.3 Å². The van der Waals surface area contributed by atoms with E-state index in [4.69, 9.17) is 9.98 Å². The van der Waals surface area contributed by atoms with E-state index in [-0.39, 0.29) is 0 Å². The second-order valence-corrected chi connectivity index (χ2v) is 6.74. The summed E-state index contributed by atoms with van der Waals surface area (Å²) < 4.78 is 0. The third kappa shape index (κ3) is 3.63. The third-order valence-electron chi connectivity index (χ3n) is 4.70. The highest BCUT2D eigenvalue weighted by Gasteiger charge is 2.20. The number of likely N-dealkylation sites (N-methyl/N-ethyl adjacent to an activating group) is 4. The molecule has 6 nitrogen and oxygen atoms in total. The number of guanidine groups is 2. The van der Waals surface area contributed by atoms with E-state index in [2.05, 4.69) is 72.1 Å². The van der Waals surface area contributed by atoms with Crippen molar-refractivity contribution in [3.05, 3.63) is 35.4 Å². The van der Waals surface area contributed by atoms with Gasteiger partial charge < -0.3 is 19.6 Å². The van der Waals surface area contributed by atoms with Gasteiger partial charge in [-0.2, -0.15) is 0 Å². The first-order valence-corrected chi connectivity index (χ1v) is 8.56. The highest BCUT2D eigenvalue weighted by atomic mass is 15.4. The minimum absolute atomic E-state index is 0.716. The zero-order chi connectivity index (χ0) is 17.1. The summed E-state index contributed by atoms with van der Waals surface area (Å²) >= 11 is 0. The predicted molar refractivity (Wildman–Crippen MR) is 99.2 cm³/mol. The lowest BCUT2D eigenvalue weighted by atomic mass is 10.1. The van der Waals surface area contributed by atoms with Crippen LogP contribution in [0.5, 0.6) is 0 Å². The minimum atomic E-state index is 0.716. The molecule has 1 aromatic rings. The van der Waals surface area contributed by atoms with Crippen molar-refractivity contribution in [2.45, 2.75) is 13.1 Å². The van der Waals surface area contributed by atoms with Crippen LogP contribution in [-0.4, -0.2) is 85.9 Å². The number of nitrogens with zero attached hydrogens (tertiary/aromatic N) is 6. The van der Waals surface area contributed by atoms with Gasteiger partial charge in [-0.15, -0.1) is 0 Å². The maximum absolute atomic E-state index is 4.77. The van der Waals surface area contributed by atoms with Gasteiger partial charge in [0.15, 0.2) is 11.9 Å². The van der Waals surface area contributed by atoms with Crippen molar-refractivity contribution in [3.63, 3.8) is 0 Å². The number of benzene rings is 1. The smallest absolute Gasteiger partial charge is 0.196 e. The first-order valence-electron chi connectivity index (χ1n) is 8.56. The van der Waals surface area contributed by atoms with Gasteiger partial charge in [0.25, 0.3) is 0 Å². The van der Waals surface area contributed by atoms with E-state index >= 15 is 0 Å². The number of hydrogen-bond donors (Lipinski definition) is 0. The van der Waals surface area contributed by atoms with Gasteiger partial charge in [0.05, 0.1) is 13.1 Å². The van der Waals surface area contributed by atoms with Gasteiger partial charge in [-0.05, 0) is 11.1 Å². The summed E-state index contributed by atoms with van der Waals surface area (Å²) in [5.41, 5.74) is 2.48. The molecule has 0 amide bonds. The summed E-state index contributed by atoms with van der Waals surface area (Å²) in [5.74, 6) is 2.16. The molecule has 24 heavy (non-hydrogen) atoms. The Labute approximate surface area is 145 Å². The fraction of sp³-hybridized carbons (Fsp3) is 0.556. The van der Waals surface area contributed by atoms with E-state index in [9.17, 15) is 0 Å². The molecule has 2 fully saturated rings. The molecule has 6 heteroatoms. The van der Waals surface area contributed by atoms with Crippen molar-refractivity contribution < 1.29 is 0 Å². The van der Waals surface area contributed by atoms with Gasteiger partial charge in [-0.3, -0.25) is 0 Å². The summed E-state index contributed by atoms with van der Waals surface area (Å²) in [5, 5.41) is 0. The summed E-state index contributed by atoms with van der Waals surface area (Å²) in [4.78, 5) is 18.4.